The van der Waals surface area contributed by atoms with Gasteiger partial charge in [-0.15, -0.1) is 5.10 Å². The topological polar surface area (TPSA) is 112 Å². The Balaban J connectivity index is 1.62. The fourth-order valence-corrected chi connectivity index (χ4v) is 3.25. The van der Waals surface area contributed by atoms with Crippen LogP contribution in [0.2, 0.25) is 0 Å². The number of hydrogen-bond donors (Lipinski definition) is 2. The van der Waals surface area contributed by atoms with E-state index in [-0.39, 0.29) is 17.8 Å². The summed E-state index contributed by atoms with van der Waals surface area (Å²) in [6.07, 6.45) is 3.27. The molecule has 2 aromatic rings. The summed E-state index contributed by atoms with van der Waals surface area (Å²) < 4.78 is 5.58. The zero-order valence-corrected chi connectivity index (χ0v) is 15.9. The van der Waals surface area contributed by atoms with E-state index in [4.69, 9.17) is 4.42 Å². The maximum absolute atomic E-state index is 11.6. The normalized spacial score (nSPS) is 14.6. The second kappa shape index (κ2) is 9.32. The second-order valence-corrected chi connectivity index (χ2v) is 6.84. The standard InChI is InChI=1S/C19H25N5O4/c1-14(25)20-16-8-6-15(7-9-16)17-21-22-18(28-17)24(19(26)27)13-5-12-23-10-3-2-4-11-23/h6-9H,2-5,10-13H2,1H3,(H,20,25)(H,26,27). The van der Waals surface area contributed by atoms with Crippen LogP contribution in [0.25, 0.3) is 11.5 Å². The lowest BCUT2D eigenvalue weighted by Crippen LogP contribution is -2.35. The summed E-state index contributed by atoms with van der Waals surface area (Å²) in [7, 11) is 0. The lowest BCUT2D eigenvalue weighted by molar-refractivity contribution is -0.114. The smallest absolute Gasteiger partial charge is 0.415 e. The number of carbonyl (C=O) groups is 2. The zero-order valence-electron chi connectivity index (χ0n) is 15.9. The molecule has 0 saturated carbocycles. The molecule has 9 nitrogen and oxygen atoms in total. The fourth-order valence-electron chi connectivity index (χ4n) is 3.25. The van der Waals surface area contributed by atoms with Crippen molar-refractivity contribution in [2.75, 3.05) is 36.4 Å². The van der Waals surface area contributed by atoms with Gasteiger partial charge in [-0.25, -0.2) is 9.69 Å². The third-order valence-electron chi connectivity index (χ3n) is 4.63. The van der Waals surface area contributed by atoms with Gasteiger partial charge >= 0.3 is 12.1 Å². The first-order valence-electron chi connectivity index (χ1n) is 9.47. The number of anilines is 2. The molecule has 1 aromatic carbocycles. The summed E-state index contributed by atoms with van der Waals surface area (Å²) in [6, 6.07) is 6.85. The van der Waals surface area contributed by atoms with Gasteiger partial charge in [-0.3, -0.25) is 4.79 Å². The molecule has 1 saturated heterocycles. The molecule has 0 spiro atoms. The maximum atomic E-state index is 11.6. The number of rotatable bonds is 7. The molecule has 28 heavy (non-hydrogen) atoms. The number of nitrogens with zero attached hydrogens (tertiary/aromatic N) is 4. The highest BCUT2D eigenvalue weighted by Gasteiger charge is 2.22. The van der Waals surface area contributed by atoms with E-state index in [1.54, 1.807) is 24.3 Å². The van der Waals surface area contributed by atoms with Crippen LogP contribution in [0.1, 0.15) is 32.6 Å². The minimum absolute atomic E-state index is 0.0351. The summed E-state index contributed by atoms with van der Waals surface area (Å²) >= 11 is 0. The molecule has 2 heterocycles. The number of benzene rings is 1. The Kier molecular flexibility index (Phi) is 6.59. The highest BCUT2D eigenvalue weighted by molar-refractivity contribution is 5.88. The molecule has 9 heteroatoms. The number of hydrogen-bond acceptors (Lipinski definition) is 6. The number of carboxylic acid groups (broad SMARTS) is 1. The van der Waals surface area contributed by atoms with Crippen molar-refractivity contribution < 1.29 is 19.1 Å². The van der Waals surface area contributed by atoms with E-state index in [1.807, 2.05) is 0 Å². The zero-order chi connectivity index (χ0) is 19.9. The van der Waals surface area contributed by atoms with E-state index >= 15 is 0 Å². The molecule has 3 rings (SSSR count). The van der Waals surface area contributed by atoms with E-state index in [9.17, 15) is 14.7 Å². The van der Waals surface area contributed by atoms with Gasteiger partial charge in [0, 0.05) is 24.7 Å². The van der Waals surface area contributed by atoms with Gasteiger partial charge in [0.1, 0.15) is 0 Å². The van der Waals surface area contributed by atoms with E-state index in [1.165, 1.54) is 26.2 Å². The van der Waals surface area contributed by atoms with Gasteiger partial charge in [0.15, 0.2) is 0 Å². The molecule has 0 atom stereocenters. The Labute approximate surface area is 163 Å². The average molecular weight is 387 g/mol. The van der Waals surface area contributed by atoms with Crippen molar-refractivity contribution in [3.63, 3.8) is 0 Å². The van der Waals surface area contributed by atoms with Crippen LogP contribution in [0.15, 0.2) is 28.7 Å². The molecular weight excluding hydrogens is 362 g/mol. The molecule has 2 amide bonds. The van der Waals surface area contributed by atoms with Crippen LogP contribution in [0.4, 0.5) is 16.5 Å². The molecule has 1 aliphatic heterocycles. The minimum Gasteiger partial charge on any atom is -0.465 e. The monoisotopic (exact) mass is 387 g/mol. The van der Waals surface area contributed by atoms with Crippen molar-refractivity contribution in [3.05, 3.63) is 24.3 Å². The van der Waals surface area contributed by atoms with Crippen LogP contribution in [-0.4, -0.2) is 58.4 Å². The third kappa shape index (κ3) is 5.29. The molecule has 0 radical (unpaired) electrons. The number of likely N-dealkylation sites (tertiary alicyclic amines) is 1. The summed E-state index contributed by atoms with van der Waals surface area (Å²) in [5.41, 5.74) is 1.30. The van der Waals surface area contributed by atoms with Crippen LogP contribution in [0, 0.1) is 0 Å². The van der Waals surface area contributed by atoms with Crippen LogP contribution in [0.3, 0.4) is 0 Å². The average Bonchev–Trinajstić information content (AvgIpc) is 3.15. The van der Waals surface area contributed by atoms with E-state index < -0.39 is 6.09 Å². The molecule has 1 aliphatic rings. The number of nitrogens with one attached hydrogen (secondary N) is 1. The lowest BCUT2D eigenvalue weighted by Gasteiger charge is -2.26. The van der Waals surface area contributed by atoms with Crippen molar-refractivity contribution >= 4 is 23.7 Å². The molecule has 0 bridgehead atoms. The minimum atomic E-state index is -1.12. The van der Waals surface area contributed by atoms with Gasteiger partial charge in [-0.05, 0) is 63.2 Å². The van der Waals surface area contributed by atoms with Crippen molar-refractivity contribution in [3.8, 4) is 11.5 Å². The fraction of sp³-hybridized carbons (Fsp3) is 0.474. The number of carbonyl (C=O) groups excluding carboxylic acids is 1. The van der Waals surface area contributed by atoms with Crippen molar-refractivity contribution in [1.82, 2.24) is 15.1 Å². The SMILES string of the molecule is CC(=O)Nc1ccc(-c2nnc(N(CCCN3CCCCC3)C(=O)O)o2)cc1. The summed E-state index contributed by atoms with van der Waals surface area (Å²) in [5.74, 6) is 0.0705. The first kappa shape index (κ1) is 19.8. The van der Waals surface area contributed by atoms with Crippen LogP contribution >= 0.6 is 0 Å². The summed E-state index contributed by atoms with van der Waals surface area (Å²) in [4.78, 5) is 26.2. The van der Waals surface area contributed by atoms with Crippen molar-refractivity contribution in [2.45, 2.75) is 32.6 Å². The number of aromatic nitrogens is 2. The van der Waals surface area contributed by atoms with Gasteiger partial charge < -0.3 is 19.7 Å². The Hall–Kier alpha value is -2.94. The molecule has 2 N–H and O–H groups in total. The Morgan fingerprint density at radius 1 is 1.18 bits per heavy atom. The van der Waals surface area contributed by atoms with Crippen LogP contribution < -0.4 is 10.2 Å². The summed E-state index contributed by atoms with van der Waals surface area (Å²) in [6.45, 7) is 4.74. The lowest BCUT2D eigenvalue weighted by atomic mass is 10.1. The largest absolute Gasteiger partial charge is 0.465 e. The van der Waals surface area contributed by atoms with Gasteiger partial charge in [0.05, 0.1) is 0 Å². The Morgan fingerprint density at radius 3 is 2.54 bits per heavy atom. The molecular formula is C19H25N5O4. The number of amides is 2. The molecule has 1 aromatic heterocycles. The predicted molar refractivity (Wildman–Crippen MR) is 104 cm³/mol. The van der Waals surface area contributed by atoms with Gasteiger partial charge in [0.2, 0.25) is 11.8 Å². The van der Waals surface area contributed by atoms with Gasteiger partial charge in [0.25, 0.3) is 0 Å². The van der Waals surface area contributed by atoms with E-state index in [0.29, 0.717) is 24.2 Å². The first-order valence-corrected chi connectivity index (χ1v) is 9.47. The Morgan fingerprint density at radius 2 is 1.89 bits per heavy atom. The van der Waals surface area contributed by atoms with E-state index in [0.717, 1.165) is 24.5 Å². The van der Waals surface area contributed by atoms with Crippen LogP contribution in [-0.2, 0) is 4.79 Å². The van der Waals surface area contributed by atoms with Gasteiger partial charge in [-0.1, -0.05) is 11.5 Å². The van der Waals surface area contributed by atoms with E-state index in [2.05, 4.69) is 20.4 Å². The molecule has 1 fully saturated rings. The predicted octanol–water partition coefficient (Wildman–Crippen LogP) is 3.06. The molecule has 0 aliphatic carbocycles. The third-order valence-corrected chi connectivity index (χ3v) is 4.63. The van der Waals surface area contributed by atoms with Crippen molar-refractivity contribution in [1.29, 1.82) is 0 Å². The van der Waals surface area contributed by atoms with Crippen LogP contribution in [0.5, 0.6) is 0 Å². The quantitative estimate of drug-likeness (QED) is 0.751. The number of piperidine rings is 1. The summed E-state index contributed by atoms with van der Waals surface area (Å²) in [5, 5.41) is 20.0. The second-order valence-electron chi connectivity index (χ2n) is 6.84. The van der Waals surface area contributed by atoms with Crippen molar-refractivity contribution in [2.24, 2.45) is 0 Å². The molecule has 0 unspecified atom stereocenters. The maximum Gasteiger partial charge on any atom is 0.415 e. The first-order chi connectivity index (χ1) is 13.5. The highest BCUT2D eigenvalue weighted by Crippen LogP contribution is 2.24. The molecule has 150 valence electrons. The van der Waals surface area contributed by atoms with Gasteiger partial charge in [-0.2, -0.15) is 0 Å². The highest BCUT2D eigenvalue weighted by atomic mass is 16.4. The Bertz CT molecular complexity index is 799.